The first-order valence-electron chi connectivity index (χ1n) is 12.5. The van der Waals surface area contributed by atoms with Gasteiger partial charge in [-0.3, -0.25) is 4.79 Å². The number of alkyl carbamates (subject to hydrolysis) is 1. The van der Waals surface area contributed by atoms with E-state index in [2.05, 4.69) is 34.9 Å². The lowest BCUT2D eigenvalue weighted by Gasteiger charge is -2.60. The number of hydrogen-bond donors (Lipinski definition) is 3. The van der Waals surface area contributed by atoms with Gasteiger partial charge in [0.15, 0.2) is 0 Å². The lowest BCUT2D eigenvalue weighted by Crippen LogP contribution is -2.74. The summed E-state index contributed by atoms with van der Waals surface area (Å²) in [7, 11) is 0. The predicted octanol–water partition coefficient (Wildman–Crippen LogP) is 4.35. The number of aliphatic carboxylic acids is 1. The number of nitrogens with one attached hydrogen (secondary N) is 2. The van der Waals surface area contributed by atoms with Gasteiger partial charge in [0.05, 0.1) is 0 Å². The van der Waals surface area contributed by atoms with E-state index in [9.17, 15) is 19.5 Å². The highest BCUT2D eigenvalue weighted by molar-refractivity contribution is 5.95. The Balaban J connectivity index is 1.17. The van der Waals surface area contributed by atoms with Gasteiger partial charge in [0.2, 0.25) is 5.91 Å². The summed E-state index contributed by atoms with van der Waals surface area (Å²) in [5, 5.41) is 15.3. The number of amides is 2. The quantitative estimate of drug-likeness (QED) is 0.577. The van der Waals surface area contributed by atoms with Gasteiger partial charge in [0.1, 0.15) is 17.7 Å². The summed E-state index contributed by atoms with van der Waals surface area (Å²) < 4.78 is 5.71. The van der Waals surface area contributed by atoms with Crippen LogP contribution in [0.5, 0.6) is 0 Å². The van der Waals surface area contributed by atoms with Crippen LogP contribution in [-0.4, -0.2) is 40.8 Å². The smallest absolute Gasteiger partial charge is 0.408 e. The molecule has 7 nitrogen and oxygen atoms in total. The van der Waals surface area contributed by atoms with Crippen LogP contribution in [0, 0.1) is 5.41 Å². The van der Waals surface area contributed by atoms with Crippen LogP contribution < -0.4 is 10.6 Å². The molecule has 2 aromatic carbocycles. The summed E-state index contributed by atoms with van der Waals surface area (Å²) in [6.07, 6.45) is 5.24. The Hall–Kier alpha value is -3.35. The minimum Gasteiger partial charge on any atom is -0.480 e. The molecule has 0 radical (unpaired) electrons. The van der Waals surface area contributed by atoms with Crippen LogP contribution in [0.4, 0.5) is 4.79 Å². The van der Waals surface area contributed by atoms with Gasteiger partial charge in [-0.05, 0) is 72.6 Å². The highest BCUT2D eigenvalue weighted by atomic mass is 16.5. The van der Waals surface area contributed by atoms with Crippen LogP contribution in [0.2, 0.25) is 0 Å². The number of fused-ring (bicyclic) bond motifs is 3. The summed E-state index contributed by atoms with van der Waals surface area (Å²) in [4.78, 5) is 38.2. The van der Waals surface area contributed by atoms with Crippen molar-refractivity contribution in [3.05, 3.63) is 59.7 Å². The van der Waals surface area contributed by atoms with Crippen molar-refractivity contribution in [2.24, 2.45) is 5.41 Å². The molecule has 4 aliphatic carbocycles. The van der Waals surface area contributed by atoms with E-state index in [0.29, 0.717) is 25.7 Å². The van der Waals surface area contributed by atoms with Gasteiger partial charge in [0, 0.05) is 5.92 Å². The van der Waals surface area contributed by atoms with Crippen molar-refractivity contribution in [2.75, 3.05) is 6.61 Å². The summed E-state index contributed by atoms with van der Waals surface area (Å²) in [5.41, 5.74) is 2.32. The van der Waals surface area contributed by atoms with Crippen molar-refractivity contribution in [1.82, 2.24) is 10.6 Å². The SMILES string of the molecule is O=C(NC1(C(=O)NC2(C(=O)O)CCC2)CC2(CCC2)C1)OCC1c2ccccc2-c2ccccc21. The van der Waals surface area contributed by atoms with Crippen LogP contribution in [0.3, 0.4) is 0 Å². The highest BCUT2D eigenvalue weighted by Gasteiger charge is 2.63. The predicted molar refractivity (Wildman–Crippen MR) is 129 cm³/mol. The topological polar surface area (TPSA) is 105 Å². The van der Waals surface area contributed by atoms with Crippen LogP contribution in [0.15, 0.2) is 48.5 Å². The molecule has 35 heavy (non-hydrogen) atoms. The molecule has 0 unspecified atom stereocenters. The number of carbonyl (C=O) groups excluding carboxylic acids is 2. The number of carboxylic acid groups (broad SMARTS) is 1. The first-order chi connectivity index (χ1) is 16.9. The molecule has 182 valence electrons. The summed E-state index contributed by atoms with van der Waals surface area (Å²) in [6.45, 7) is 0.168. The van der Waals surface area contributed by atoms with E-state index in [1.807, 2.05) is 24.3 Å². The lowest BCUT2D eigenvalue weighted by atomic mass is 9.48. The fourth-order valence-electron chi connectivity index (χ4n) is 6.65. The molecule has 0 atom stereocenters. The monoisotopic (exact) mass is 474 g/mol. The molecule has 3 fully saturated rings. The second kappa shape index (κ2) is 7.83. The molecular formula is C28H30N2O5. The summed E-state index contributed by atoms with van der Waals surface area (Å²) in [6, 6.07) is 16.3. The van der Waals surface area contributed by atoms with Crippen LogP contribution in [0.1, 0.15) is 68.4 Å². The maximum Gasteiger partial charge on any atom is 0.408 e. The largest absolute Gasteiger partial charge is 0.480 e. The van der Waals surface area contributed by atoms with Gasteiger partial charge < -0.3 is 20.5 Å². The highest BCUT2D eigenvalue weighted by Crippen LogP contribution is 2.60. The molecule has 3 N–H and O–H groups in total. The first-order valence-corrected chi connectivity index (χ1v) is 12.5. The summed E-state index contributed by atoms with van der Waals surface area (Å²) >= 11 is 0. The van der Waals surface area contributed by atoms with E-state index in [0.717, 1.165) is 47.9 Å². The Kier molecular flexibility index (Phi) is 4.95. The zero-order valence-corrected chi connectivity index (χ0v) is 19.6. The van der Waals surface area contributed by atoms with Crippen molar-refractivity contribution in [3.63, 3.8) is 0 Å². The van der Waals surface area contributed by atoms with Gasteiger partial charge in [0.25, 0.3) is 0 Å². The molecule has 7 heteroatoms. The third-order valence-corrected chi connectivity index (χ3v) is 8.86. The standard InChI is InChI=1S/C28H30N2O5/c31-23(29-27(24(32)33)13-6-14-27)28(16-26(17-28)11-5-12-26)30-25(34)35-15-22-20-9-3-1-7-18(20)19-8-2-4-10-21(19)22/h1-4,7-10,22H,5-6,11-17H2,(H,29,31)(H,30,34)(H,32,33). The number of benzene rings is 2. The van der Waals surface area contributed by atoms with Crippen LogP contribution in [-0.2, 0) is 14.3 Å². The third kappa shape index (κ3) is 3.43. The van der Waals surface area contributed by atoms with Crippen molar-refractivity contribution in [1.29, 1.82) is 0 Å². The zero-order chi connectivity index (χ0) is 24.3. The Bertz CT molecular complexity index is 1160. The average molecular weight is 475 g/mol. The third-order valence-electron chi connectivity index (χ3n) is 8.86. The molecule has 0 aliphatic heterocycles. The van der Waals surface area contributed by atoms with E-state index in [4.69, 9.17) is 4.74 Å². The lowest BCUT2D eigenvalue weighted by molar-refractivity contribution is -0.158. The van der Waals surface area contributed by atoms with E-state index >= 15 is 0 Å². The molecule has 0 aromatic heterocycles. The first kappa shape index (κ1) is 22.1. The van der Waals surface area contributed by atoms with Crippen molar-refractivity contribution in [2.45, 2.75) is 68.4 Å². The van der Waals surface area contributed by atoms with Gasteiger partial charge in [-0.25, -0.2) is 9.59 Å². The second-order valence-electron chi connectivity index (χ2n) is 10.9. The van der Waals surface area contributed by atoms with Crippen molar-refractivity contribution in [3.8, 4) is 11.1 Å². The normalized spacial score (nSPS) is 21.9. The maximum absolute atomic E-state index is 13.4. The molecule has 6 rings (SSSR count). The van der Waals surface area contributed by atoms with Gasteiger partial charge in [-0.15, -0.1) is 0 Å². The van der Waals surface area contributed by atoms with E-state index in [-0.39, 0.29) is 17.9 Å². The Morgan fingerprint density at radius 1 is 0.829 bits per heavy atom. The van der Waals surface area contributed by atoms with Gasteiger partial charge in [-0.1, -0.05) is 55.0 Å². The number of hydrogen-bond acceptors (Lipinski definition) is 4. The Labute approximate surface area is 204 Å². The number of ether oxygens (including phenoxy) is 1. The Morgan fingerprint density at radius 2 is 1.40 bits per heavy atom. The molecule has 0 heterocycles. The van der Waals surface area contributed by atoms with Gasteiger partial charge >= 0.3 is 12.1 Å². The van der Waals surface area contributed by atoms with E-state index in [1.54, 1.807) is 0 Å². The van der Waals surface area contributed by atoms with E-state index < -0.39 is 29.0 Å². The molecule has 0 bridgehead atoms. The Morgan fingerprint density at radius 3 is 1.89 bits per heavy atom. The van der Waals surface area contributed by atoms with Crippen LogP contribution >= 0.6 is 0 Å². The minimum atomic E-state index is -1.21. The van der Waals surface area contributed by atoms with Gasteiger partial charge in [-0.2, -0.15) is 0 Å². The van der Waals surface area contributed by atoms with Crippen molar-refractivity contribution >= 4 is 18.0 Å². The average Bonchev–Trinajstić information content (AvgIpc) is 3.09. The second-order valence-corrected chi connectivity index (χ2v) is 10.9. The molecule has 4 aliphatic rings. The maximum atomic E-state index is 13.4. The molecule has 1 spiro atoms. The number of carbonyl (C=O) groups is 3. The van der Waals surface area contributed by atoms with E-state index in [1.165, 1.54) is 0 Å². The fraction of sp³-hybridized carbons (Fsp3) is 0.464. The number of carboxylic acids is 1. The zero-order valence-electron chi connectivity index (χ0n) is 19.6. The van der Waals surface area contributed by atoms with Crippen molar-refractivity contribution < 1.29 is 24.2 Å². The fourth-order valence-corrected chi connectivity index (χ4v) is 6.65. The number of rotatable bonds is 6. The molecule has 0 saturated heterocycles. The molecule has 2 amide bonds. The molecule has 3 saturated carbocycles. The van der Waals surface area contributed by atoms with Crippen LogP contribution in [0.25, 0.3) is 11.1 Å². The molecular weight excluding hydrogens is 444 g/mol. The summed E-state index contributed by atoms with van der Waals surface area (Å²) in [5.74, 6) is -1.47. The minimum absolute atomic E-state index is 0.0671. The molecule has 2 aromatic rings.